The molecule has 0 saturated carbocycles. The van der Waals surface area contributed by atoms with E-state index in [1.165, 1.54) is 12.1 Å². The normalized spacial score (nSPS) is 18.6. The summed E-state index contributed by atoms with van der Waals surface area (Å²) < 4.78 is 0. The molecule has 6 nitrogen and oxygen atoms in total. The molecule has 102 valence electrons. The zero-order valence-corrected chi connectivity index (χ0v) is 10.8. The van der Waals surface area contributed by atoms with Gasteiger partial charge in [0.1, 0.15) is 11.3 Å². The molecule has 2 rings (SSSR count). The van der Waals surface area contributed by atoms with Crippen LogP contribution in [0.3, 0.4) is 0 Å². The highest BCUT2D eigenvalue weighted by Gasteiger charge is 2.32. The third kappa shape index (κ3) is 2.38. The molecule has 6 heteroatoms. The van der Waals surface area contributed by atoms with Crippen LogP contribution in [0, 0.1) is 10.1 Å². The van der Waals surface area contributed by atoms with Crippen molar-refractivity contribution in [3.05, 3.63) is 33.9 Å². The Labute approximate surface area is 111 Å². The van der Waals surface area contributed by atoms with E-state index in [4.69, 9.17) is 5.73 Å². The molecule has 2 N–H and O–H groups in total. The minimum atomic E-state index is -0.584. The molecule has 1 atom stereocenters. The molecule has 1 aromatic rings. The molecule has 1 aliphatic heterocycles. The molecule has 0 aromatic heterocycles. The van der Waals surface area contributed by atoms with E-state index in [0.717, 1.165) is 19.3 Å². The SMILES string of the molecule is CCC1CCCN1C(=O)c1cccc(N)c1[N+](=O)[O-]. The molecule has 0 aliphatic carbocycles. The summed E-state index contributed by atoms with van der Waals surface area (Å²) in [5, 5.41) is 11.1. The third-order valence-corrected chi connectivity index (χ3v) is 3.59. The van der Waals surface area contributed by atoms with Crippen LogP contribution >= 0.6 is 0 Å². The van der Waals surface area contributed by atoms with Gasteiger partial charge in [0.2, 0.25) is 0 Å². The Kier molecular flexibility index (Phi) is 3.69. The van der Waals surface area contributed by atoms with Crippen molar-refractivity contribution in [3.8, 4) is 0 Å². The van der Waals surface area contributed by atoms with Crippen LogP contribution in [0.5, 0.6) is 0 Å². The fraction of sp³-hybridized carbons (Fsp3) is 0.462. The number of carbonyl (C=O) groups excluding carboxylic acids is 1. The number of para-hydroxylation sites is 1. The number of hydrogen-bond acceptors (Lipinski definition) is 4. The number of benzene rings is 1. The molecule has 19 heavy (non-hydrogen) atoms. The maximum atomic E-state index is 12.5. The van der Waals surface area contributed by atoms with E-state index in [1.54, 1.807) is 11.0 Å². The molecule has 0 bridgehead atoms. The number of nitrogen functional groups attached to an aromatic ring is 1. The smallest absolute Gasteiger partial charge is 0.304 e. The lowest BCUT2D eigenvalue weighted by Gasteiger charge is -2.23. The third-order valence-electron chi connectivity index (χ3n) is 3.59. The summed E-state index contributed by atoms with van der Waals surface area (Å²) in [6.07, 6.45) is 2.76. The lowest BCUT2D eigenvalue weighted by Crippen LogP contribution is -2.35. The zero-order chi connectivity index (χ0) is 14.0. The number of nitrogens with zero attached hydrogens (tertiary/aromatic N) is 2. The van der Waals surface area contributed by atoms with Gasteiger partial charge in [0.25, 0.3) is 5.91 Å². The van der Waals surface area contributed by atoms with Gasteiger partial charge in [-0.15, -0.1) is 0 Å². The van der Waals surface area contributed by atoms with Crippen LogP contribution in [-0.2, 0) is 0 Å². The van der Waals surface area contributed by atoms with Gasteiger partial charge in [-0.05, 0) is 31.4 Å². The first kappa shape index (κ1) is 13.3. The fourth-order valence-electron chi connectivity index (χ4n) is 2.62. The van der Waals surface area contributed by atoms with Crippen molar-refractivity contribution in [1.82, 2.24) is 4.90 Å². The molecule has 1 fully saturated rings. The second-order valence-electron chi connectivity index (χ2n) is 4.70. The summed E-state index contributed by atoms with van der Waals surface area (Å²) in [6.45, 7) is 2.67. The largest absolute Gasteiger partial charge is 0.393 e. The predicted molar refractivity (Wildman–Crippen MR) is 71.9 cm³/mol. The molecule has 1 amide bonds. The standard InChI is InChI=1S/C13H17N3O3/c1-2-9-5-4-8-15(9)13(17)10-6-3-7-11(14)12(10)16(18)19/h3,6-7,9H,2,4-5,8,14H2,1H3. The minimum absolute atomic E-state index is 0.0306. The monoisotopic (exact) mass is 263 g/mol. The van der Waals surface area contributed by atoms with Crippen molar-refractivity contribution in [3.63, 3.8) is 0 Å². The van der Waals surface area contributed by atoms with Crippen molar-refractivity contribution in [2.45, 2.75) is 32.2 Å². The van der Waals surface area contributed by atoms with Gasteiger partial charge in [0, 0.05) is 12.6 Å². The molecular formula is C13H17N3O3. The highest BCUT2D eigenvalue weighted by Crippen LogP contribution is 2.30. The number of rotatable bonds is 3. The second kappa shape index (κ2) is 5.26. The Balaban J connectivity index is 2.39. The molecule has 1 saturated heterocycles. The minimum Gasteiger partial charge on any atom is -0.393 e. The highest BCUT2D eigenvalue weighted by molar-refractivity contribution is 6.00. The first-order valence-electron chi connectivity index (χ1n) is 6.40. The lowest BCUT2D eigenvalue weighted by molar-refractivity contribution is -0.384. The molecular weight excluding hydrogens is 246 g/mol. The van der Waals surface area contributed by atoms with Crippen LogP contribution in [0.15, 0.2) is 18.2 Å². The summed E-state index contributed by atoms with van der Waals surface area (Å²) in [7, 11) is 0. The average Bonchev–Trinajstić information content (AvgIpc) is 2.85. The van der Waals surface area contributed by atoms with Gasteiger partial charge >= 0.3 is 5.69 Å². The number of nitro benzene ring substituents is 1. The van der Waals surface area contributed by atoms with Crippen LogP contribution in [0.4, 0.5) is 11.4 Å². The van der Waals surface area contributed by atoms with E-state index in [0.29, 0.717) is 6.54 Å². The average molecular weight is 263 g/mol. The van der Waals surface area contributed by atoms with E-state index in [-0.39, 0.29) is 28.9 Å². The topological polar surface area (TPSA) is 89.5 Å². The van der Waals surface area contributed by atoms with Crippen molar-refractivity contribution < 1.29 is 9.72 Å². The van der Waals surface area contributed by atoms with Gasteiger partial charge in [-0.25, -0.2) is 0 Å². The van der Waals surface area contributed by atoms with Crippen LogP contribution < -0.4 is 5.73 Å². The summed E-state index contributed by atoms with van der Waals surface area (Å²) in [5.41, 5.74) is 5.45. The van der Waals surface area contributed by atoms with Crippen LogP contribution in [0.2, 0.25) is 0 Å². The fourth-order valence-corrected chi connectivity index (χ4v) is 2.62. The van der Waals surface area contributed by atoms with E-state index < -0.39 is 4.92 Å². The molecule has 1 heterocycles. The van der Waals surface area contributed by atoms with Crippen molar-refractivity contribution >= 4 is 17.3 Å². The number of likely N-dealkylation sites (tertiary alicyclic amines) is 1. The Bertz CT molecular complexity index is 516. The number of hydrogen-bond donors (Lipinski definition) is 1. The highest BCUT2D eigenvalue weighted by atomic mass is 16.6. The molecule has 1 unspecified atom stereocenters. The van der Waals surface area contributed by atoms with E-state index >= 15 is 0 Å². The first-order chi connectivity index (χ1) is 9.06. The number of carbonyl (C=O) groups is 1. The predicted octanol–water partition coefficient (Wildman–Crippen LogP) is 2.19. The number of nitrogens with two attached hydrogens (primary N) is 1. The van der Waals surface area contributed by atoms with Crippen LogP contribution in [0.1, 0.15) is 36.5 Å². The van der Waals surface area contributed by atoms with Crippen molar-refractivity contribution in [2.75, 3.05) is 12.3 Å². The van der Waals surface area contributed by atoms with Crippen LogP contribution in [0.25, 0.3) is 0 Å². The van der Waals surface area contributed by atoms with E-state index in [2.05, 4.69) is 0 Å². The Hall–Kier alpha value is -2.11. The van der Waals surface area contributed by atoms with Crippen molar-refractivity contribution in [2.24, 2.45) is 0 Å². The Morgan fingerprint density at radius 3 is 2.95 bits per heavy atom. The van der Waals surface area contributed by atoms with Gasteiger partial charge in [0.05, 0.1) is 4.92 Å². The summed E-state index contributed by atoms with van der Waals surface area (Å²) in [4.78, 5) is 24.7. The maximum Gasteiger partial charge on any atom is 0.304 e. The summed E-state index contributed by atoms with van der Waals surface area (Å²) in [6, 6.07) is 4.67. The quantitative estimate of drug-likeness (QED) is 0.514. The second-order valence-corrected chi connectivity index (χ2v) is 4.70. The molecule has 0 radical (unpaired) electrons. The molecule has 0 spiro atoms. The lowest BCUT2D eigenvalue weighted by atomic mass is 10.1. The van der Waals surface area contributed by atoms with Gasteiger partial charge in [-0.1, -0.05) is 13.0 Å². The molecule has 1 aromatic carbocycles. The van der Waals surface area contributed by atoms with Gasteiger partial charge in [-0.2, -0.15) is 0 Å². The number of nitro groups is 1. The van der Waals surface area contributed by atoms with Gasteiger partial charge < -0.3 is 10.6 Å². The first-order valence-corrected chi connectivity index (χ1v) is 6.40. The Morgan fingerprint density at radius 2 is 2.32 bits per heavy atom. The number of anilines is 1. The van der Waals surface area contributed by atoms with E-state index in [9.17, 15) is 14.9 Å². The van der Waals surface area contributed by atoms with E-state index in [1.807, 2.05) is 6.92 Å². The van der Waals surface area contributed by atoms with Gasteiger partial charge in [-0.3, -0.25) is 14.9 Å². The number of amides is 1. The van der Waals surface area contributed by atoms with Crippen molar-refractivity contribution in [1.29, 1.82) is 0 Å². The Morgan fingerprint density at radius 1 is 1.58 bits per heavy atom. The zero-order valence-electron chi connectivity index (χ0n) is 10.8. The summed E-state index contributed by atoms with van der Waals surface area (Å²) in [5.74, 6) is -0.289. The van der Waals surface area contributed by atoms with Crippen LogP contribution in [-0.4, -0.2) is 28.3 Å². The summed E-state index contributed by atoms with van der Waals surface area (Å²) >= 11 is 0. The molecule has 1 aliphatic rings. The maximum absolute atomic E-state index is 12.5. The van der Waals surface area contributed by atoms with Gasteiger partial charge in [0.15, 0.2) is 0 Å².